The Labute approximate surface area is 251 Å². The van der Waals surface area contributed by atoms with Gasteiger partial charge in [0.1, 0.15) is 52.8 Å². The highest BCUT2D eigenvalue weighted by Crippen LogP contribution is 2.51. The van der Waals surface area contributed by atoms with Gasteiger partial charge in [-0.15, -0.1) is 11.8 Å². The van der Waals surface area contributed by atoms with Crippen molar-refractivity contribution >= 4 is 58.7 Å². The van der Waals surface area contributed by atoms with Crippen LogP contribution < -0.4 is 5.32 Å². The zero-order chi connectivity index (χ0) is 30.8. The van der Waals surface area contributed by atoms with Gasteiger partial charge in [-0.3, -0.25) is 9.59 Å². The number of aryl methyl sites for hydroxylation is 1. The molecule has 8 atom stereocenters. The van der Waals surface area contributed by atoms with Gasteiger partial charge in [0.25, 0.3) is 5.91 Å². The van der Waals surface area contributed by atoms with E-state index < -0.39 is 76.7 Å². The summed E-state index contributed by atoms with van der Waals surface area (Å²) in [5.74, 6) is -3.83. The van der Waals surface area contributed by atoms with Crippen molar-refractivity contribution in [2.45, 2.75) is 73.7 Å². The largest absolute Gasteiger partial charge is 0.479 e. The number of halogens is 2. The minimum atomic E-state index is -1.98. The summed E-state index contributed by atoms with van der Waals surface area (Å²) >= 11 is 13.8. The smallest absolute Gasteiger partial charge is 0.335 e. The molecule has 4 heterocycles. The monoisotopic (exact) mass is 645 g/mol. The average molecular weight is 646 g/mol. The van der Waals surface area contributed by atoms with Crippen molar-refractivity contribution in [1.82, 2.24) is 15.4 Å². The van der Waals surface area contributed by atoms with Crippen LogP contribution in [0.4, 0.5) is 0 Å². The molecule has 0 saturated carbocycles. The zero-order valence-electron chi connectivity index (χ0n) is 22.1. The Bertz CT molecular complexity index is 1450. The van der Waals surface area contributed by atoms with Crippen LogP contribution in [0.5, 0.6) is 0 Å². The van der Waals surface area contributed by atoms with E-state index in [4.69, 9.17) is 37.2 Å². The van der Waals surface area contributed by atoms with Crippen molar-refractivity contribution < 1.29 is 53.6 Å². The van der Waals surface area contributed by atoms with Crippen LogP contribution in [0.15, 0.2) is 22.7 Å². The molecular formula is C25H25Cl2N3O11S. The van der Waals surface area contributed by atoms with E-state index in [1.54, 1.807) is 32.0 Å². The van der Waals surface area contributed by atoms with E-state index in [0.29, 0.717) is 0 Å². The fourth-order valence-electron chi connectivity index (χ4n) is 5.20. The van der Waals surface area contributed by atoms with Crippen LogP contribution in [0.1, 0.15) is 30.0 Å². The quantitative estimate of drug-likeness (QED) is 0.215. The lowest BCUT2D eigenvalue weighted by molar-refractivity contribution is -0.287. The molecule has 14 nitrogen and oxygen atoms in total. The molecule has 5 unspecified atom stereocenters. The van der Waals surface area contributed by atoms with Crippen molar-refractivity contribution in [1.29, 1.82) is 0 Å². The molecule has 5 rings (SSSR count). The van der Waals surface area contributed by atoms with E-state index >= 15 is 0 Å². The molecule has 0 radical (unpaired) electrons. The molecule has 2 amide bonds. The van der Waals surface area contributed by atoms with Crippen LogP contribution >= 0.6 is 35.0 Å². The van der Waals surface area contributed by atoms with Gasteiger partial charge in [0, 0.05) is 10.3 Å². The van der Waals surface area contributed by atoms with Crippen LogP contribution in [0.25, 0.3) is 11.3 Å². The van der Waals surface area contributed by atoms with Crippen molar-refractivity contribution in [3.05, 3.63) is 39.6 Å². The number of hydrogen-bond acceptors (Lipinski definition) is 12. The molecule has 3 aliphatic rings. The van der Waals surface area contributed by atoms with Crippen LogP contribution in [0.2, 0.25) is 10.0 Å². The molecule has 3 saturated heterocycles. The van der Waals surface area contributed by atoms with Crippen molar-refractivity contribution in [2.24, 2.45) is 0 Å². The van der Waals surface area contributed by atoms with E-state index in [9.17, 15) is 39.6 Å². The number of benzene rings is 1. The number of aromatic nitrogens is 1. The Kier molecular flexibility index (Phi) is 7.98. The minimum Gasteiger partial charge on any atom is -0.479 e. The van der Waals surface area contributed by atoms with Crippen LogP contribution in [0.3, 0.4) is 0 Å². The van der Waals surface area contributed by atoms with E-state index in [2.05, 4.69) is 10.5 Å². The highest BCUT2D eigenvalue weighted by atomic mass is 35.5. The van der Waals surface area contributed by atoms with Gasteiger partial charge >= 0.3 is 11.9 Å². The summed E-state index contributed by atoms with van der Waals surface area (Å²) in [6.07, 6.45) is -9.82. The van der Waals surface area contributed by atoms with Gasteiger partial charge in [-0.25, -0.2) is 9.59 Å². The number of nitrogens with one attached hydrogen (secondary N) is 1. The van der Waals surface area contributed by atoms with Crippen LogP contribution in [-0.2, 0) is 23.9 Å². The number of ether oxygens (including phenoxy) is 2. The Balaban J connectivity index is 1.33. The number of aliphatic hydroxyl groups excluding tert-OH is 3. The molecule has 1 aromatic carbocycles. The summed E-state index contributed by atoms with van der Waals surface area (Å²) < 4.78 is 14.5. The lowest BCUT2D eigenvalue weighted by Crippen LogP contribution is -2.71. The standard InChI is InChI=1S/C25H25Cl2N3O11S/c1-7-10(12(29-41-7)11-8(26)5-4-6-9(11)27)19(34)28-13-20(35)30-18(25(2,3)42-21(13)30)23(38)40-24-16(33)14(31)15(32)17(39-24)22(36)37/h4-6,13-18,21,24,31-33H,1-3H3,(H,28,34)(H,36,37)/t13-,14?,15?,16?,17?,18+,21-,24?/m1/s1. The van der Waals surface area contributed by atoms with Crippen LogP contribution in [0, 0.1) is 6.92 Å². The number of β-lactam (4-membered cyclic amide) rings is 1. The first-order valence-corrected chi connectivity index (χ1v) is 14.1. The molecule has 3 aliphatic heterocycles. The van der Waals surface area contributed by atoms with Crippen molar-refractivity contribution in [3.63, 3.8) is 0 Å². The third-order valence-electron chi connectivity index (χ3n) is 7.29. The predicted molar refractivity (Wildman–Crippen MR) is 144 cm³/mol. The number of amides is 2. The third-order valence-corrected chi connectivity index (χ3v) is 9.49. The second-order valence-corrected chi connectivity index (χ2v) is 13.0. The molecule has 5 N–H and O–H groups in total. The molecular weight excluding hydrogens is 621 g/mol. The zero-order valence-corrected chi connectivity index (χ0v) is 24.4. The number of nitrogens with zero attached hydrogens (tertiary/aromatic N) is 2. The van der Waals surface area contributed by atoms with Gasteiger partial charge in [0.2, 0.25) is 12.2 Å². The van der Waals surface area contributed by atoms with Gasteiger partial charge < -0.3 is 44.6 Å². The predicted octanol–water partition coefficient (Wildman–Crippen LogP) is 0.553. The van der Waals surface area contributed by atoms with Crippen molar-refractivity contribution in [3.8, 4) is 11.3 Å². The van der Waals surface area contributed by atoms with Crippen molar-refractivity contribution in [2.75, 3.05) is 0 Å². The number of esters is 1. The summed E-state index contributed by atoms with van der Waals surface area (Å²) in [6, 6.07) is 2.49. The van der Waals surface area contributed by atoms with E-state index in [1.165, 1.54) is 23.6 Å². The number of carbonyl (C=O) groups excluding carboxylic acids is 3. The molecule has 3 fully saturated rings. The average Bonchev–Trinajstić information content (AvgIpc) is 3.41. The van der Waals surface area contributed by atoms with Gasteiger partial charge in [-0.05, 0) is 32.9 Å². The fourth-order valence-corrected chi connectivity index (χ4v) is 7.40. The molecule has 226 valence electrons. The maximum Gasteiger partial charge on any atom is 0.335 e. The summed E-state index contributed by atoms with van der Waals surface area (Å²) in [6.45, 7) is 4.83. The molecule has 0 bridgehead atoms. The summed E-state index contributed by atoms with van der Waals surface area (Å²) in [7, 11) is 0. The summed E-state index contributed by atoms with van der Waals surface area (Å²) in [4.78, 5) is 52.5. The van der Waals surface area contributed by atoms with Gasteiger partial charge in [-0.1, -0.05) is 34.4 Å². The number of hydrogen-bond donors (Lipinski definition) is 5. The highest BCUT2D eigenvalue weighted by molar-refractivity contribution is 8.01. The normalized spacial score (nSPS) is 31.7. The number of thioether (sulfide) groups is 1. The molecule has 0 spiro atoms. The van der Waals surface area contributed by atoms with E-state index in [-0.39, 0.29) is 32.6 Å². The maximum atomic E-state index is 13.4. The van der Waals surface area contributed by atoms with Gasteiger partial charge in [0.15, 0.2) is 6.10 Å². The number of aliphatic carboxylic acids is 1. The highest BCUT2D eigenvalue weighted by Gasteiger charge is 2.65. The minimum absolute atomic E-state index is 0.0200. The Morgan fingerprint density at radius 3 is 2.38 bits per heavy atom. The lowest BCUT2D eigenvalue weighted by atomic mass is 9.95. The Hall–Kier alpha value is -2.92. The Morgan fingerprint density at radius 2 is 1.76 bits per heavy atom. The second-order valence-electron chi connectivity index (χ2n) is 10.4. The van der Waals surface area contributed by atoms with E-state index in [1.807, 2.05) is 0 Å². The molecule has 0 aliphatic carbocycles. The van der Waals surface area contributed by atoms with Gasteiger partial charge in [-0.2, -0.15) is 0 Å². The summed E-state index contributed by atoms with van der Waals surface area (Å²) in [5, 5.41) is 45.8. The summed E-state index contributed by atoms with van der Waals surface area (Å²) in [5.41, 5.74) is 0.383. The first-order chi connectivity index (χ1) is 19.7. The first-order valence-electron chi connectivity index (χ1n) is 12.5. The maximum absolute atomic E-state index is 13.4. The topological polar surface area (TPSA) is 209 Å². The number of carbonyl (C=O) groups is 4. The third kappa shape index (κ3) is 4.92. The molecule has 1 aromatic heterocycles. The lowest BCUT2D eigenvalue weighted by Gasteiger charge is -2.44. The SMILES string of the molecule is Cc1onc(-c2c(Cl)cccc2Cl)c1C(=O)N[C@@H]1C(=O)N2[C@@H]1SC(C)(C)[C@@H]2C(=O)OC1OC(C(=O)O)C(O)C(O)C1O. The number of rotatable bonds is 6. The first kappa shape index (κ1) is 30.5. The Morgan fingerprint density at radius 1 is 1.12 bits per heavy atom. The number of carboxylic acid groups (broad SMARTS) is 1. The molecule has 17 heteroatoms. The van der Waals surface area contributed by atoms with Gasteiger partial charge in [0.05, 0.1) is 10.0 Å². The molecule has 2 aromatic rings. The second kappa shape index (κ2) is 11.0. The van der Waals surface area contributed by atoms with E-state index in [0.717, 1.165) is 0 Å². The van der Waals surface area contributed by atoms with Crippen LogP contribution in [-0.4, -0.2) is 107 Å². The number of fused-ring (bicyclic) bond motifs is 1. The fraction of sp³-hybridized carbons (Fsp3) is 0.480. The number of aliphatic hydroxyl groups is 3. The number of carboxylic acids is 1. The molecule has 42 heavy (non-hydrogen) atoms.